The maximum atomic E-state index is 5.73. The van der Waals surface area contributed by atoms with E-state index in [1.807, 2.05) is 0 Å². The largest absolute Gasteiger partial charge is 0.491 e. The molecule has 1 atom stereocenters. The van der Waals surface area contributed by atoms with Crippen molar-refractivity contribution in [1.29, 1.82) is 0 Å². The Morgan fingerprint density at radius 3 is 2.87 bits per heavy atom. The van der Waals surface area contributed by atoms with Gasteiger partial charge in [-0.15, -0.1) is 0 Å². The minimum absolute atomic E-state index is 0.314. The third-order valence-corrected chi connectivity index (χ3v) is 3.31. The molecule has 1 N–H and O–H groups in total. The Kier molecular flexibility index (Phi) is 3.03. The van der Waals surface area contributed by atoms with E-state index in [9.17, 15) is 0 Å². The fourth-order valence-electron chi connectivity index (χ4n) is 1.98. The number of rotatable bonds is 2. The number of ether oxygens (including phenoxy) is 1. The summed E-state index contributed by atoms with van der Waals surface area (Å²) in [5.41, 5.74) is 2.48. The molecule has 1 aliphatic rings. The Labute approximate surface area is 99.1 Å². The third kappa shape index (κ3) is 2.04. The van der Waals surface area contributed by atoms with Gasteiger partial charge in [-0.2, -0.15) is 0 Å². The molecule has 2 rings (SSSR count). The first kappa shape index (κ1) is 11.0. The Balaban J connectivity index is 2.37. The molecule has 0 fully saturated rings. The summed E-state index contributed by atoms with van der Waals surface area (Å²) in [5.74, 6) is 1.04. The molecule has 0 aromatic heterocycles. The number of nitrogens with one attached hydrogen (secondary N) is 1. The van der Waals surface area contributed by atoms with Crippen molar-refractivity contribution in [2.24, 2.45) is 0 Å². The van der Waals surface area contributed by atoms with Crippen LogP contribution in [0, 0.1) is 6.92 Å². The first-order valence-electron chi connectivity index (χ1n) is 5.27. The van der Waals surface area contributed by atoms with Gasteiger partial charge in [-0.1, -0.05) is 35.8 Å². The van der Waals surface area contributed by atoms with E-state index >= 15 is 0 Å². The van der Waals surface area contributed by atoms with Gasteiger partial charge in [-0.3, -0.25) is 0 Å². The Bertz CT molecular complexity index is 376. The second-order valence-corrected chi connectivity index (χ2v) is 5.15. The maximum Gasteiger partial charge on any atom is 0.128 e. The van der Waals surface area contributed by atoms with E-state index in [0.717, 1.165) is 16.8 Å². The molecule has 82 valence electrons. The lowest BCUT2D eigenvalue weighted by Gasteiger charge is -2.15. The number of benzene rings is 1. The van der Waals surface area contributed by atoms with E-state index in [1.165, 1.54) is 11.1 Å². The molecule has 3 heteroatoms. The van der Waals surface area contributed by atoms with Crippen molar-refractivity contribution in [2.45, 2.75) is 32.9 Å². The number of aryl methyl sites for hydroxylation is 1. The predicted molar refractivity (Wildman–Crippen MR) is 65.4 cm³/mol. The standard InChI is InChI=1S/C12H16BrNO/c1-7(2)14-10-6-15-12-8(3)4-5-9(13)11(10)12/h4-5,7,10,14H,6H2,1-3H3. The van der Waals surface area contributed by atoms with Crippen LogP contribution in [0.25, 0.3) is 0 Å². The first-order valence-corrected chi connectivity index (χ1v) is 6.06. The van der Waals surface area contributed by atoms with Gasteiger partial charge in [0, 0.05) is 16.1 Å². The molecule has 1 aromatic carbocycles. The molecule has 1 unspecified atom stereocenters. The van der Waals surface area contributed by atoms with E-state index in [0.29, 0.717) is 12.1 Å². The fourth-order valence-corrected chi connectivity index (χ4v) is 2.57. The zero-order chi connectivity index (χ0) is 11.0. The Morgan fingerprint density at radius 2 is 2.20 bits per heavy atom. The summed E-state index contributed by atoms with van der Waals surface area (Å²) in [6.45, 7) is 7.13. The van der Waals surface area contributed by atoms with Crippen LogP contribution in [0.2, 0.25) is 0 Å². The lowest BCUT2D eigenvalue weighted by molar-refractivity contribution is 0.302. The summed E-state index contributed by atoms with van der Waals surface area (Å²) in [5, 5.41) is 3.51. The smallest absolute Gasteiger partial charge is 0.128 e. The molecule has 0 radical (unpaired) electrons. The van der Waals surface area contributed by atoms with Crippen molar-refractivity contribution in [2.75, 3.05) is 6.61 Å². The highest BCUT2D eigenvalue weighted by atomic mass is 79.9. The zero-order valence-corrected chi connectivity index (χ0v) is 10.9. The molecule has 1 aliphatic heterocycles. The minimum Gasteiger partial charge on any atom is -0.491 e. The summed E-state index contributed by atoms with van der Waals surface area (Å²) < 4.78 is 6.87. The van der Waals surface area contributed by atoms with Crippen LogP contribution in [0.15, 0.2) is 16.6 Å². The number of halogens is 1. The van der Waals surface area contributed by atoms with Crippen LogP contribution in [-0.4, -0.2) is 12.6 Å². The van der Waals surface area contributed by atoms with E-state index in [1.54, 1.807) is 0 Å². The lowest BCUT2D eigenvalue weighted by Crippen LogP contribution is -2.29. The molecular formula is C12H16BrNO. The van der Waals surface area contributed by atoms with Crippen LogP contribution in [0.1, 0.15) is 31.0 Å². The van der Waals surface area contributed by atoms with Gasteiger partial charge in [-0.25, -0.2) is 0 Å². The van der Waals surface area contributed by atoms with Gasteiger partial charge in [-0.05, 0) is 18.6 Å². The SMILES string of the molecule is Cc1ccc(Br)c2c1OCC2NC(C)C. The van der Waals surface area contributed by atoms with Crippen molar-refractivity contribution in [3.8, 4) is 5.75 Å². The monoisotopic (exact) mass is 269 g/mol. The summed E-state index contributed by atoms with van der Waals surface area (Å²) in [6, 6.07) is 4.96. The molecule has 0 amide bonds. The van der Waals surface area contributed by atoms with Crippen molar-refractivity contribution >= 4 is 15.9 Å². The van der Waals surface area contributed by atoms with Crippen LogP contribution < -0.4 is 10.1 Å². The minimum atomic E-state index is 0.314. The van der Waals surface area contributed by atoms with Crippen LogP contribution in [0.5, 0.6) is 5.75 Å². The van der Waals surface area contributed by atoms with Crippen LogP contribution in [-0.2, 0) is 0 Å². The van der Waals surface area contributed by atoms with E-state index in [4.69, 9.17) is 4.74 Å². The second-order valence-electron chi connectivity index (χ2n) is 4.29. The molecule has 2 nitrogen and oxygen atoms in total. The zero-order valence-electron chi connectivity index (χ0n) is 9.30. The number of fused-ring (bicyclic) bond motifs is 1. The predicted octanol–water partition coefficient (Wildman–Crippen LogP) is 3.19. The molecule has 0 saturated heterocycles. The van der Waals surface area contributed by atoms with E-state index < -0.39 is 0 Å². The molecule has 0 spiro atoms. The van der Waals surface area contributed by atoms with Gasteiger partial charge in [0.15, 0.2) is 0 Å². The quantitative estimate of drug-likeness (QED) is 0.891. The molecule has 0 aliphatic carbocycles. The summed E-state index contributed by atoms with van der Waals surface area (Å²) in [4.78, 5) is 0. The topological polar surface area (TPSA) is 21.3 Å². The lowest BCUT2D eigenvalue weighted by atomic mass is 10.1. The van der Waals surface area contributed by atoms with E-state index in [-0.39, 0.29) is 0 Å². The van der Waals surface area contributed by atoms with Crippen LogP contribution >= 0.6 is 15.9 Å². The molecule has 15 heavy (non-hydrogen) atoms. The average Bonchev–Trinajstić information content (AvgIpc) is 2.56. The van der Waals surface area contributed by atoms with Crippen LogP contribution in [0.4, 0.5) is 0 Å². The first-order chi connectivity index (χ1) is 7.09. The van der Waals surface area contributed by atoms with Gasteiger partial charge in [0.05, 0.1) is 6.04 Å². The average molecular weight is 270 g/mol. The van der Waals surface area contributed by atoms with Gasteiger partial charge >= 0.3 is 0 Å². The molecule has 1 aromatic rings. The highest BCUT2D eigenvalue weighted by Gasteiger charge is 2.27. The van der Waals surface area contributed by atoms with Crippen molar-refractivity contribution < 1.29 is 4.74 Å². The van der Waals surface area contributed by atoms with Crippen molar-refractivity contribution in [1.82, 2.24) is 5.32 Å². The highest BCUT2D eigenvalue weighted by molar-refractivity contribution is 9.10. The normalized spacial score (nSPS) is 19.1. The summed E-state index contributed by atoms with van der Waals surface area (Å²) >= 11 is 3.59. The van der Waals surface area contributed by atoms with Gasteiger partial charge in [0.1, 0.15) is 12.4 Å². The third-order valence-electron chi connectivity index (χ3n) is 2.62. The van der Waals surface area contributed by atoms with Crippen molar-refractivity contribution in [3.05, 3.63) is 27.7 Å². The summed E-state index contributed by atoms with van der Waals surface area (Å²) in [7, 11) is 0. The van der Waals surface area contributed by atoms with Crippen molar-refractivity contribution in [3.63, 3.8) is 0 Å². The second kappa shape index (κ2) is 4.14. The molecule has 0 saturated carbocycles. The Morgan fingerprint density at radius 1 is 1.47 bits per heavy atom. The molecular weight excluding hydrogens is 254 g/mol. The summed E-state index contributed by atoms with van der Waals surface area (Å²) in [6.07, 6.45) is 0. The van der Waals surface area contributed by atoms with E-state index in [2.05, 4.69) is 54.2 Å². The molecule has 0 bridgehead atoms. The van der Waals surface area contributed by atoms with Gasteiger partial charge in [0.2, 0.25) is 0 Å². The molecule has 1 heterocycles. The Hall–Kier alpha value is -0.540. The number of hydrogen-bond donors (Lipinski definition) is 1. The fraction of sp³-hybridized carbons (Fsp3) is 0.500. The van der Waals surface area contributed by atoms with Gasteiger partial charge < -0.3 is 10.1 Å². The number of hydrogen-bond acceptors (Lipinski definition) is 2. The maximum absolute atomic E-state index is 5.73. The van der Waals surface area contributed by atoms with Crippen LogP contribution in [0.3, 0.4) is 0 Å². The van der Waals surface area contributed by atoms with Gasteiger partial charge in [0.25, 0.3) is 0 Å². The highest BCUT2D eigenvalue weighted by Crippen LogP contribution is 2.40.